The average Bonchev–Trinajstić information content (AvgIpc) is 2.53. The fourth-order valence-corrected chi connectivity index (χ4v) is 3.51. The first-order valence-electron chi connectivity index (χ1n) is 9.61. The van der Waals surface area contributed by atoms with Crippen LogP contribution < -0.4 is 5.32 Å². The summed E-state index contributed by atoms with van der Waals surface area (Å²) in [7, 11) is 0. The maximum Gasteiger partial charge on any atom is 0.0806 e. The largest absolute Gasteiger partial charge is 0.374 e. The molecule has 0 bridgehead atoms. The normalized spacial score (nSPS) is 26.1. The van der Waals surface area contributed by atoms with Gasteiger partial charge in [0, 0.05) is 13.2 Å². The Morgan fingerprint density at radius 3 is 2.24 bits per heavy atom. The molecule has 0 saturated heterocycles. The second kappa shape index (κ2) is 11.5. The van der Waals surface area contributed by atoms with Gasteiger partial charge in [-0.3, -0.25) is 0 Å². The molecule has 1 aliphatic rings. The van der Waals surface area contributed by atoms with E-state index in [-0.39, 0.29) is 5.60 Å². The molecule has 0 spiro atoms. The topological polar surface area (TPSA) is 21.3 Å². The summed E-state index contributed by atoms with van der Waals surface area (Å²) in [6, 6.07) is 0. The molecule has 1 fully saturated rings. The highest BCUT2D eigenvalue weighted by Crippen LogP contribution is 2.36. The number of unbranched alkanes of at least 4 members (excludes halogenated alkanes) is 5. The summed E-state index contributed by atoms with van der Waals surface area (Å²) in [5.41, 5.74) is 0.144. The summed E-state index contributed by atoms with van der Waals surface area (Å²) in [6.07, 6.45) is 14.7. The van der Waals surface area contributed by atoms with E-state index in [1.165, 1.54) is 70.6 Å². The van der Waals surface area contributed by atoms with Crippen LogP contribution in [0.1, 0.15) is 91.4 Å². The zero-order valence-corrected chi connectivity index (χ0v) is 14.9. The van der Waals surface area contributed by atoms with Gasteiger partial charge in [0.25, 0.3) is 0 Å². The average molecular weight is 298 g/mol. The lowest BCUT2D eigenvalue weighted by Crippen LogP contribution is -2.46. The number of hydrogen-bond acceptors (Lipinski definition) is 2. The third kappa shape index (κ3) is 7.65. The van der Waals surface area contributed by atoms with Crippen molar-refractivity contribution in [1.29, 1.82) is 0 Å². The second-order valence-electron chi connectivity index (χ2n) is 6.93. The molecule has 0 aromatic rings. The zero-order chi connectivity index (χ0) is 15.4. The summed E-state index contributed by atoms with van der Waals surface area (Å²) < 4.78 is 6.41. The van der Waals surface area contributed by atoms with Gasteiger partial charge >= 0.3 is 0 Å². The molecular formula is C19H39NO. The first-order chi connectivity index (χ1) is 10.3. The van der Waals surface area contributed by atoms with Crippen LogP contribution in [0.15, 0.2) is 0 Å². The zero-order valence-electron chi connectivity index (χ0n) is 14.9. The maximum absolute atomic E-state index is 6.41. The number of nitrogens with one attached hydrogen (secondary N) is 1. The minimum Gasteiger partial charge on any atom is -0.374 e. The number of likely N-dealkylation sites (N-methyl/N-ethyl adjacent to an activating group) is 1. The van der Waals surface area contributed by atoms with Crippen molar-refractivity contribution in [3.8, 4) is 0 Å². The van der Waals surface area contributed by atoms with Crippen molar-refractivity contribution in [3.05, 3.63) is 0 Å². The van der Waals surface area contributed by atoms with Gasteiger partial charge in [-0.25, -0.2) is 0 Å². The fourth-order valence-electron chi connectivity index (χ4n) is 3.51. The molecular weight excluding hydrogens is 258 g/mol. The molecule has 1 aliphatic carbocycles. The molecule has 2 heteroatoms. The van der Waals surface area contributed by atoms with Crippen LogP contribution >= 0.6 is 0 Å². The SMILES string of the molecule is CCCCCCCCOC1(CNCC)CCC(CC)CC1. The summed E-state index contributed by atoms with van der Waals surface area (Å²) in [6.45, 7) is 9.88. The van der Waals surface area contributed by atoms with Crippen molar-refractivity contribution >= 4 is 0 Å². The molecule has 0 atom stereocenters. The van der Waals surface area contributed by atoms with Crippen LogP contribution in [0.4, 0.5) is 0 Å². The van der Waals surface area contributed by atoms with Crippen molar-refractivity contribution < 1.29 is 4.74 Å². The van der Waals surface area contributed by atoms with Gasteiger partial charge in [0.15, 0.2) is 0 Å². The monoisotopic (exact) mass is 297 g/mol. The van der Waals surface area contributed by atoms with Crippen LogP contribution in [0.25, 0.3) is 0 Å². The van der Waals surface area contributed by atoms with Gasteiger partial charge in [0.2, 0.25) is 0 Å². The molecule has 1 rings (SSSR count). The van der Waals surface area contributed by atoms with Crippen molar-refractivity contribution in [2.24, 2.45) is 5.92 Å². The second-order valence-corrected chi connectivity index (χ2v) is 6.93. The van der Waals surface area contributed by atoms with E-state index in [1.807, 2.05) is 0 Å². The molecule has 2 nitrogen and oxygen atoms in total. The predicted octanol–water partition coefficient (Wildman–Crippen LogP) is 5.31. The van der Waals surface area contributed by atoms with Gasteiger partial charge < -0.3 is 10.1 Å². The Hall–Kier alpha value is -0.0800. The van der Waals surface area contributed by atoms with Crippen molar-refractivity contribution in [2.75, 3.05) is 19.7 Å². The Balaban J connectivity index is 2.23. The molecule has 0 aromatic heterocycles. The summed E-state index contributed by atoms with van der Waals surface area (Å²) in [5.74, 6) is 0.942. The highest BCUT2D eigenvalue weighted by molar-refractivity contribution is 4.89. The number of rotatable bonds is 12. The lowest BCUT2D eigenvalue weighted by Gasteiger charge is -2.40. The Morgan fingerprint density at radius 2 is 1.62 bits per heavy atom. The Bertz CT molecular complexity index is 234. The first-order valence-corrected chi connectivity index (χ1v) is 9.61. The van der Waals surface area contributed by atoms with Crippen molar-refractivity contribution in [3.63, 3.8) is 0 Å². The highest BCUT2D eigenvalue weighted by Gasteiger charge is 2.35. The van der Waals surface area contributed by atoms with Crippen LogP contribution in [0.3, 0.4) is 0 Å². The minimum atomic E-state index is 0.144. The summed E-state index contributed by atoms with van der Waals surface area (Å²) in [4.78, 5) is 0. The highest BCUT2D eigenvalue weighted by atomic mass is 16.5. The van der Waals surface area contributed by atoms with Crippen LogP contribution in [0, 0.1) is 5.92 Å². The van der Waals surface area contributed by atoms with Crippen LogP contribution in [0.2, 0.25) is 0 Å². The summed E-state index contributed by atoms with van der Waals surface area (Å²) in [5, 5.41) is 3.54. The molecule has 0 aliphatic heterocycles. The van der Waals surface area contributed by atoms with Gasteiger partial charge in [-0.2, -0.15) is 0 Å². The predicted molar refractivity (Wildman–Crippen MR) is 92.9 cm³/mol. The third-order valence-electron chi connectivity index (χ3n) is 5.20. The third-order valence-corrected chi connectivity index (χ3v) is 5.20. The molecule has 126 valence electrons. The van der Waals surface area contributed by atoms with E-state index in [2.05, 4.69) is 26.1 Å². The van der Waals surface area contributed by atoms with E-state index in [0.29, 0.717) is 0 Å². The molecule has 0 aromatic carbocycles. The Labute approximate surface area is 133 Å². The molecule has 21 heavy (non-hydrogen) atoms. The maximum atomic E-state index is 6.41. The van der Waals surface area contributed by atoms with Gasteiger partial charge in [-0.1, -0.05) is 59.3 Å². The lowest BCUT2D eigenvalue weighted by molar-refractivity contribution is -0.0774. The Kier molecular flexibility index (Phi) is 10.4. The summed E-state index contributed by atoms with van der Waals surface area (Å²) >= 11 is 0. The van der Waals surface area contributed by atoms with Gasteiger partial charge in [0.05, 0.1) is 5.60 Å². The fraction of sp³-hybridized carbons (Fsp3) is 1.00. The van der Waals surface area contributed by atoms with Gasteiger partial charge in [-0.05, 0) is 44.6 Å². The molecule has 0 radical (unpaired) electrons. The van der Waals surface area contributed by atoms with Gasteiger partial charge in [0.1, 0.15) is 0 Å². The standard InChI is InChI=1S/C19H39NO/c1-4-7-8-9-10-11-16-21-19(17-20-6-3)14-12-18(5-2)13-15-19/h18,20H,4-17H2,1-3H3. The van der Waals surface area contributed by atoms with Crippen molar-refractivity contribution in [1.82, 2.24) is 5.32 Å². The molecule has 0 amide bonds. The minimum absolute atomic E-state index is 0.144. The van der Waals surface area contributed by atoms with E-state index in [4.69, 9.17) is 4.74 Å². The van der Waals surface area contributed by atoms with Crippen molar-refractivity contribution in [2.45, 2.75) is 97.0 Å². The Morgan fingerprint density at radius 1 is 0.952 bits per heavy atom. The van der Waals surface area contributed by atoms with Crippen LogP contribution in [-0.4, -0.2) is 25.3 Å². The van der Waals surface area contributed by atoms with Crippen LogP contribution in [-0.2, 0) is 4.74 Å². The molecule has 0 heterocycles. The van der Waals surface area contributed by atoms with E-state index in [9.17, 15) is 0 Å². The van der Waals surface area contributed by atoms with Gasteiger partial charge in [-0.15, -0.1) is 0 Å². The molecule has 1 saturated carbocycles. The number of ether oxygens (including phenoxy) is 1. The van der Waals surface area contributed by atoms with Crippen LogP contribution in [0.5, 0.6) is 0 Å². The molecule has 0 unspecified atom stereocenters. The first kappa shape index (κ1) is 19.0. The molecule has 1 N–H and O–H groups in total. The lowest BCUT2D eigenvalue weighted by atomic mass is 9.77. The quantitative estimate of drug-likeness (QED) is 0.493. The van der Waals surface area contributed by atoms with E-state index < -0.39 is 0 Å². The smallest absolute Gasteiger partial charge is 0.0806 e. The van der Waals surface area contributed by atoms with E-state index >= 15 is 0 Å². The van der Waals surface area contributed by atoms with E-state index in [0.717, 1.165) is 25.6 Å². The number of hydrogen-bond donors (Lipinski definition) is 1. The van der Waals surface area contributed by atoms with E-state index in [1.54, 1.807) is 0 Å².